The monoisotopic (exact) mass is 406 g/mol. The smallest absolute Gasteiger partial charge is 0.189 e. The molecule has 0 atom stereocenters. The lowest BCUT2D eigenvalue weighted by Crippen LogP contribution is -2.36. The van der Waals surface area contributed by atoms with E-state index < -0.39 is 5.82 Å². The molecule has 8 nitrogen and oxygen atoms in total. The lowest BCUT2D eigenvalue weighted by atomic mass is 10.1. The van der Waals surface area contributed by atoms with Gasteiger partial charge in [-0.25, -0.2) is 28.5 Å². The Hall–Kier alpha value is -3.20. The molecule has 0 bridgehead atoms. The summed E-state index contributed by atoms with van der Waals surface area (Å²) in [5, 5.41) is 8.90. The minimum absolute atomic E-state index is 0.190. The number of hydrogen-bond acceptors (Lipinski definition) is 6. The van der Waals surface area contributed by atoms with Crippen LogP contribution in [0, 0.1) is 5.82 Å². The van der Waals surface area contributed by atoms with Crippen LogP contribution in [0.4, 0.5) is 4.39 Å². The van der Waals surface area contributed by atoms with Crippen LogP contribution in [0.25, 0.3) is 11.5 Å². The van der Waals surface area contributed by atoms with Crippen molar-refractivity contribution in [2.24, 2.45) is 0 Å². The van der Waals surface area contributed by atoms with Crippen molar-refractivity contribution in [3.8, 4) is 5.82 Å². The first-order chi connectivity index (χ1) is 14.7. The molecular formula is C21H23FN8. The fraction of sp³-hybridized carbons (Fsp3) is 0.381. The minimum Gasteiger partial charge on any atom is -0.296 e. The highest BCUT2D eigenvalue weighted by Crippen LogP contribution is 2.21. The molecule has 1 aliphatic heterocycles. The first-order valence-electron chi connectivity index (χ1n) is 10.3. The molecule has 5 heterocycles. The highest BCUT2D eigenvalue weighted by atomic mass is 19.1. The Labute approximate surface area is 173 Å². The molecule has 4 aromatic rings. The number of hydrogen-bond donors (Lipinski definition) is 0. The summed E-state index contributed by atoms with van der Waals surface area (Å²) in [5.74, 6) is 0.606. The Morgan fingerprint density at radius 2 is 2.03 bits per heavy atom. The number of pyridine rings is 1. The third kappa shape index (κ3) is 3.45. The lowest BCUT2D eigenvalue weighted by Gasteiger charge is -2.29. The molecule has 30 heavy (non-hydrogen) atoms. The van der Waals surface area contributed by atoms with Crippen LogP contribution < -0.4 is 0 Å². The molecule has 1 fully saturated rings. The van der Waals surface area contributed by atoms with Gasteiger partial charge >= 0.3 is 0 Å². The molecule has 4 aromatic heterocycles. The van der Waals surface area contributed by atoms with Crippen molar-refractivity contribution >= 4 is 5.65 Å². The Kier molecular flexibility index (Phi) is 4.96. The highest BCUT2D eigenvalue weighted by Gasteiger charge is 2.20. The Balaban J connectivity index is 1.51. The average molecular weight is 406 g/mol. The predicted octanol–water partition coefficient (Wildman–Crippen LogP) is 2.59. The Morgan fingerprint density at radius 3 is 2.80 bits per heavy atom. The Morgan fingerprint density at radius 1 is 1.13 bits per heavy atom. The number of likely N-dealkylation sites (tertiary alicyclic amines) is 1. The maximum atomic E-state index is 14.3. The van der Waals surface area contributed by atoms with Crippen LogP contribution in [0.15, 0.2) is 36.9 Å². The zero-order valence-corrected chi connectivity index (χ0v) is 16.9. The summed E-state index contributed by atoms with van der Waals surface area (Å²) < 4.78 is 17.6. The summed E-state index contributed by atoms with van der Waals surface area (Å²) in [4.78, 5) is 16.0. The number of rotatable bonds is 7. The highest BCUT2D eigenvalue weighted by molar-refractivity contribution is 5.50. The molecule has 5 rings (SSSR count). The molecular weight excluding hydrogens is 383 g/mol. The fourth-order valence-electron chi connectivity index (χ4n) is 3.81. The van der Waals surface area contributed by atoms with E-state index in [1.807, 2.05) is 6.07 Å². The number of nitrogens with zero attached hydrogens (tertiary/aromatic N) is 8. The van der Waals surface area contributed by atoms with Crippen molar-refractivity contribution in [1.82, 2.24) is 39.2 Å². The summed E-state index contributed by atoms with van der Waals surface area (Å²) in [6, 6.07) is 4.82. The fourth-order valence-corrected chi connectivity index (χ4v) is 3.81. The largest absolute Gasteiger partial charge is 0.296 e. The van der Waals surface area contributed by atoms with Crippen molar-refractivity contribution in [2.45, 2.75) is 39.2 Å². The molecule has 0 aliphatic carbocycles. The molecule has 154 valence electrons. The molecule has 0 amide bonds. The van der Waals surface area contributed by atoms with Gasteiger partial charge in [-0.2, -0.15) is 5.10 Å². The second kappa shape index (κ2) is 7.91. The van der Waals surface area contributed by atoms with Gasteiger partial charge < -0.3 is 0 Å². The summed E-state index contributed by atoms with van der Waals surface area (Å²) in [7, 11) is 0. The topological polar surface area (TPSA) is 77.0 Å². The van der Waals surface area contributed by atoms with Crippen LogP contribution in [0.5, 0.6) is 0 Å². The van der Waals surface area contributed by atoms with Crippen molar-refractivity contribution in [3.63, 3.8) is 0 Å². The molecule has 9 heteroatoms. The van der Waals surface area contributed by atoms with Crippen molar-refractivity contribution in [3.05, 3.63) is 65.5 Å². The molecule has 0 unspecified atom stereocenters. The number of aromatic nitrogens is 7. The third-order valence-corrected chi connectivity index (χ3v) is 5.44. The van der Waals surface area contributed by atoms with Crippen LogP contribution >= 0.6 is 0 Å². The first kappa shape index (κ1) is 18.8. The van der Waals surface area contributed by atoms with Gasteiger partial charge in [0.1, 0.15) is 6.33 Å². The lowest BCUT2D eigenvalue weighted by molar-refractivity contribution is 0.168. The van der Waals surface area contributed by atoms with Crippen LogP contribution in [-0.2, 0) is 19.4 Å². The number of halogens is 1. The quantitative estimate of drug-likeness (QED) is 0.470. The van der Waals surface area contributed by atoms with Gasteiger partial charge in [-0.1, -0.05) is 13.3 Å². The van der Waals surface area contributed by atoms with Gasteiger partial charge in [0.15, 0.2) is 23.1 Å². The summed E-state index contributed by atoms with van der Waals surface area (Å²) in [5.41, 5.74) is 3.66. The average Bonchev–Trinajstić information content (AvgIpc) is 3.34. The van der Waals surface area contributed by atoms with E-state index in [0.29, 0.717) is 6.42 Å². The minimum atomic E-state index is -0.410. The molecule has 1 saturated heterocycles. The first-order valence-corrected chi connectivity index (χ1v) is 10.3. The second-order valence-corrected chi connectivity index (χ2v) is 7.57. The standard InChI is InChI=1S/C21H23FN8/c1-2-5-16-18(12-15-7-9-25-30(15)21-17(22)6-3-8-23-21)24-14-29-20(16)26-19(27-29)13-28-10-4-11-28/h3,6-9,14H,2,4-5,10-13H2,1H3. The van der Waals surface area contributed by atoms with E-state index in [1.165, 1.54) is 17.2 Å². The van der Waals surface area contributed by atoms with E-state index in [0.717, 1.165) is 60.9 Å². The van der Waals surface area contributed by atoms with E-state index >= 15 is 0 Å². The van der Waals surface area contributed by atoms with Gasteiger partial charge in [0.25, 0.3) is 0 Å². The van der Waals surface area contributed by atoms with Crippen LogP contribution in [0.2, 0.25) is 0 Å². The van der Waals surface area contributed by atoms with Crippen LogP contribution in [0.1, 0.15) is 42.5 Å². The molecule has 1 aliphatic rings. The van der Waals surface area contributed by atoms with Gasteiger partial charge in [0.05, 0.1) is 17.9 Å². The van der Waals surface area contributed by atoms with E-state index in [2.05, 4.69) is 32.0 Å². The molecule has 0 spiro atoms. The van der Waals surface area contributed by atoms with E-state index in [4.69, 9.17) is 4.98 Å². The maximum absolute atomic E-state index is 14.3. The van der Waals surface area contributed by atoms with E-state index in [1.54, 1.807) is 29.3 Å². The predicted molar refractivity (Wildman–Crippen MR) is 109 cm³/mol. The molecule has 0 radical (unpaired) electrons. The van der Waals surface area contributed by atoms with Gasteiger partial charge in [-0.3, -0.25) is 4.90 Å². The molecule has 0 N–H and O–H groups in total. The zero-order valence-electron chi connectivity index (χ0n) is 16.9. The Bertz CT molecular complexity index is 1180. The maximum Gasteiger partial charge on any atom is 0.189 e. The van der Waals surface area contributed by atoms with Crippen LogP contribution in [0.3, 0.4) is 0 Å². The van der Waals surface area contributed by atoms with Gasteiger partial charge in [-0.15, -0.1) is 5.10 Å². The molecule has 0 aromatic carbocycles. The van der Waals surface area contributed by atoms with Crippen molar-refractivity contribution in [2.75, 3.05) is 13.1 Å². The van der Waals surface area contributed by atoms with Crippen molar-refractivity contribution < 1.29 is 4.39 Å². The summed E-state index contributed by atoms with van der Waals surface area (Å²) in [6.45, 7) is 5.12. The second-order valence-electron chi connectivity index (χ2n) is 7.57. The number of fused-ring (bicyclic) bond motifs is 1. The summed E-state index contributed by atoms with van der Waals surface area (Å²) in [6.07, 6.45) is 8.51. The van der Waals surface area contributed by atoms with E-state index in [-0.39, 0.29) is 5.82 Å². The number of aryl methyl sites for hydroxylation is 1. The van der Waals surface area contributed by atoms with Gasteiger partial charge in [0.2, 0.25) is 0 Å². The van der Waals surface area contributed by atoms with Gasteiger partial charge in [-0.05, 0) is 44.1 Å². The van der Waals surface area contributed by atoms with Gasteiger partial charge in [0, 0.05) is 24.4 Å². The van der Waals surface area contributed by atoms with E-state index in [9.17, 15) is 4.39 Å². The normalized spacial score (nSPS) is 14.3. The van der Waals surface area contributed by atoms with Crippen LogP contribution in [-0.4, -0.2) is 52.3 Å². The SMILES string of the molecule is CCCc1c(Cc2ccnn2-c2ncccc2F)ncn2nc(CN3CCC3)nc12. The van der Waals surface area contributed by atoms with Crippen molar-refractivity contribution in [1.29, 1.82) is 0 Å². The molecule has 0 saturated carbocycles. The summed E-state index contributed by atoms with van der Waals surface area (Å²) >= 11 is 0. The zero-order chi connectivity index (χ0) is 20.5. The third-order valence-electron chi connectivity index (χ3n) is 5.44.